The molecule has 22 heavy (non-hydrogen) atoms. The van der Waals surface area contributed by atoms with E-state index in [9.17, 15) is 19.5 Å². The van der Waals surface area contributed by atoms with E-state index in [0.717, 1.165) is 4.90 Å². The van der Waals surface area contributed by atoms with Gasteiger partial charge < -0.3 is 20.4 Å². The number of carbonyl (C=O) groups is 3. The molecule has 1 atom stereocenters. The minimum absolute atomic E-state index is 0.00829. The Bertz CT molecular complexity index is 517. The van der Waals surface area contributed by atoms with Gasteiger partial charge in [-0.05, 0) is 12.0 Å². The van der Waals surface area contributed by atoms with Crippen LogP contribution < -0.4 is 0 Å². The molecule has 0 amide bonds. The highest BCUT2D eigenvalue weighted by atomic mass is 16.4. The molecule has 4 N–H and O–H groups in total. The topological polar surface area (TPSA) is 135 Å². The Morgan fingerprint density at radius 2 is 1.55 bits per heavy atom. The number of carboxylic acid groups (broad SMARTS) is 3. The summed E-state index contributed by atoms with van der Waals surface area (Å²) in [5.74, 6) is -4.65. The van der Waals surface area contributed by atoms with Gasteiger partial charge in [-0.25, -0.2) is 9.59 Å². The van der Waals surface area contributed by atoms with Crippen LogP contribution in [0.2, 0.25) is 0 Å². The van der Waals surface area contributed by atoms with Gasteiger partial charge in [0, 0.05) is 6.54 Å². The maximum atomic E-state index is 11.0. The van der Waals surface area contributed by atoms with Gasteiger partial charge in [-0.2, -0.15) is 0 Å². The van der Waals surface area contributed by atoms with Crippen LogP contribution >= 0.6 is 0 Å². The van der Waals surface area contributed by atoms with E-state index >= 15 is 0 Å². The quantitative estimate of drug-likeness (QED) is 0.469. The zero-order valence-electron chi connectivity index (χ0n) is 11.6. The predicted octanol–water partition coefficient (Wildman–Crippen LogP) is 0.0345. The van der Waals surface area contributed by atoms with Gasteiger partial charge in [0.05, 0.1) is 12.6 Å². The highest BCUT2D eigenvalue weighted by molar-refractivity contribution is 5.97. The Morgan fingerprint density at radius 1 is 1.00 bits per heavy atom. The Morgan fingerprint density at radius 3 is 2.00 bits per heavy atom. The van der Waals surface area contributed by atoms with Crippen LogP contribution in [0.1, 0.15) is 18.1 Å². The zero-order valence-corrected chi connectivity index (χ0v) is 11.6. The molecule has 1 rings (SSSR count). The summed E-state index contributed by atoms with van der Waals surface area (Å²) in [7, 11) is 0. The number of rotatable bonds is 9. The minimum atomic E-state index is -1.97. The molecule has 8 nitrogen and oxygen atoms in total. The first-order chi connectivity index (χ1) is 10.3. The smallest absolute Gasteiger partial charge is 0.332 e. The summed E-state index contributed by atoms with van der Waals surface area (Å²) in [5.41, 5.74) is 0.583. The van der Waals surface area contributed by atoms with Crippen LogP contribution in [0.5, 0.6) is 0 Å². The number of aliphatic hydroxyl groups is 1. The van der Waals surface area contributed by atoms with Crippen LogP contribution in [0.15, 0.2) is 30.3 Å². The van der Waals surface area contributed by atoms with E-state index in [1.54, 1.807) is 30.3 Å². The van der Waals surface area contributed by atoms with E-state index in [4.69, 9.17) is 15.3 Å². The summed E-state index contributed by atoms with van der Waals surface area (Å²) in [4.78, 5) is 33.6. The number of aliphatic carboxylic acids is 3. The van der Waals surface area contributed by atoms with Gasteiger partial charge in [-0.1, -0.05) is 30.3 Å². The summed E-state index contributed by atoms with van der Waals surface area (Å²) in [6.45, 7) is -0.934. The van der Waals surface area contributed by atoms with Crippen LogP contribution in [0.25, 0.3) is 0 Å². The van der Waals surface area contributed by atoms with Crippen LogP contribution in [-0.2, 0) is 14.4 Å². The maximum Gasteiger partial charge on any atom is 0.332 e. The summed E-state index contributed by atoms with van der Waals surface area (Å²) in [5, 5.41) is 36.6. The third-order valence-corrected chi connectivity index (χ3v) is 3.05. The van der Waals surface area contributed by atoms with Gasteiger partial charge in [-0.15, -0.1) is 0 Å². The summed E-state index contributed by atoms with van der Waals surface area (Å²) < 4.78 is 0. The second kappa shape index (κ2) is 8.11. The van der Waals surface area contributed by atoms with Gasteiger partial charge in [-0.3, -0.25) is 9.69 Å². The lowest BCUT2D eigenvalue weighted by Crippen LogP contribution is -2.49. The lowest BCUT2D eigenvalue weighted by Gasteiger charge is -2.25. The molecule has 0 saturated heterocycles. The minimum Gasteiger partial charge on any atom is -0.480 e. The molecule has 0 aliphatic rings. The van der Waals surface area contributed by atoms with Crippen LogP contribution in [0, 0.1) is 0 Å². The van der Waals surface area contributed by atoms with Crippen molar-refractivity contribution in [3.05, 3.63) is 35.9 Å². The fraction of sp³-hybridized carbons (Fsp3) is 0.357. The van der Waals surface area contributed by atoms with Crippen LogP contribution in [0.3, 0.4) is 0 Å². The first-order valence-corrected chi connectivity index (χ1v) is 6.47. The molecule has 0 bridgehead atoms. The molecule has 0 fully saturated rings. The molecule has 0 aliphatic heterocycles. The summed E-state index contributed by atoms with van der Waals surface area (Å²) in [6.07, 6.45) is -0.935. The van der Waals surface area contributed by atoms with Crippen molar-refractivity contribution in [3.8, 4) is 0 Å². The van der Waals surface area contributed by atoms with E-state index in [0.29, 0.717) is 5.56 Å². The number of nitrogens with zero attached hydrogens (tertiary/aromatic N) is 1. The monoisotopic (exact) mass is 311 g/mol. The molecule has 1 unspecified atom stereocenters. The van der Waals surface area contributed by atoms with Crippen molar-refractivity contribution in [3.63, 3.8) is 0 Å². The maximum absolute atomic E-state index is 11.0. The van der Waals surface area contributed by atoms with Crippen molar-refractivity contribution < 1.29 is 34.8 Å². The Kier molecular flexibility index (Phi) is 6.48. The van der Waals surface area contributed by atoms with Gasteiger partial charge in [0.1, 0.15) is 0 Å². The average molecular weight is 311 g/mol. The third-order valence-electron chi connectivity index (χ3n) is 3.05. The molecule has 1 aromatic carbocycles. The Labute approximate surface area is 126 Å². The van der Waals surface area contributed by atoms with E-state index < -0.39 is 36.6 Å². The van der Waals surface area contributed by atoms with Crippen molar-refractivity contribution in [1.82, 2.24) is 4.90 Å². The molecule has 0 saturated carbocycles. The van der Waals surface area contributed by atoms with Crippen molar-refractivity contribution in [2.75, 3.05) is 13.1 Å². The molecule has 8 heteroatoms. The lowest BCUT2D eigenvalue weighted by atomic mass is 10.1. The number of carboxylic acids is 3. The molecule has 0 spiro atoms. The number of aliphatic hydroxyl groups excluding tert-OH is 1. The lowest BCUT2D eigenvalue weighted by molar-refractivity contribution is -0.158. The van der Waals surface area contributed by atoms with E-state index in [1.165, 1.54) is 0 Å². The average Bonchev–Trinajstić information content (AvgIpc) is 2.44. The second-order valence-electron chi connectivity index (χ2n) is 4.66. The largest absolute Gasteiger partial charge is 0.480 e. The molecular formula is C14H17NO7. The van der Waals surface area contributed by atoms with Crippen molar-refractivity contribution >= 4 is 17.9 Å². The fourth-order valence-electron chi connectivity index (χ4n) is 2.02. The van der Waals surface area contributed by atoms with Crippen molar-refractivity contribution in [2.45, 2.75) is 18.6 Å². The second-order valence-corrected chi connectivity index (χ2v) is 4.66. The van der Waals surface area contributed by atoms with Gasteiger partial charge in [0.25, 0.3) is 0 Å². The molecule has 0 aromatic heterocycles. The van der Waals surface area contributed by atoms with E-state index in [1.807, 2.05) is 0 Å². The first-order valence-electron chi connectivity index (χ1n) is 6.47. The zero-order chi connectivity index (χ0) is 16.7. The van der Waals surface area contributed by atoms with Crippen LogP contribution in [-0.4, -0.2) is 62.4 Å². The molecule has 1 aromatic rings. The van der Waals surface area contributed by atoms with Crippen LogP contribution in [0.4, 0.5) is 0 Å². The fourth-order valence-corrected chi connectivity index (χ4v) is 2.02. The number of benzene rings is 1. The standard InChI is InChI=1S/C14H17NO7/c16-10(9-4-2-1-3-5-9)6-7-15(8-11(17)18)12(13(19)20)14(21)22/h1-5,10,12,16H,6-8H2,(H,17,18)(H,19,20)(H,21,22). The molecule has 0 radical (unpaired) electrons. The summed E-state index contributed by atoms with van der Waals surface area (Å²) >= 11 is 0. The normalized spacial score (nSPS) is 12.3. The molecule has 0 heterocycles. The van der Waals surface area contributed by atoms with E-state index in [-0.39, 0.29) is 13.0 Å². The number of hydrogen-bond donors (Lipinski definition) is 4. The third kappa shape index (κ3) is 5.15. The highest BCUT2D eigenvalue weighted by Crippen LogP contribution is 2.17. The Hall–Kier alpha value is -2.45. The summed E-state index contributed by atoms with van der Waals surface area (Å²) in [6, 6.07) is 6.54. The van der Waals surface area contributed by atoms with Crippen molar-refractivity contribution in [2.24, 2.45) is 0 Å². The van der Waals surface area contributed by atoms with Gasteiger partial charge in [0.2, 0.25) is 6.04 Å². The predicted molar refractivity (Wildman–Crippen MR) is 74.3 cm³/mol. The van der Waals surface area contributed by atoms with Gasteiger partial charge >= 0.3 is 17.9 Å². The van der Waals surface area contributed by atoms with E-state index in [2.05, 4.69) is 0 Å². The molecule has 120 valence electrons. The number of hydrogen-bond acceptors (Lipinski definition) is 5. The Balaban J connectivity index is 2.79. The molecular weight excluding hydrogens is 294 g/mol. The highest BCUT2D eigenvalue weighted by Gasteiger charge is 2.34. The first kappa shape index (κ1) is 17.6. The molecule has 0 aliphatic carbocycles. The SMILES string of the molecule is O=C(O)CN(CCC(O)c1ccccc1)C(C(=O)O)C(=O)O. The van der Waals surface area contributed by atoms with Gasteiger partial charge in [0.15, 0.2) is 0 Å². The van der Waals surface area contributed by atoms with Crippen molar-refractivity contribution in [1.29, 1.82) is 0 Å².